The summed E-state index contributed by atoms with van der Waals surface area (Å²) >= 11 is 0. The highest BCUT2D eigenvalue weighted by Crippen LogP contribution is 2.04. The van der Waals surface area contributed by atoms with E-state index in [0.717, 1.165) is 0 Å². The monoisotopic (exact) mass is 145 g/mol. The topological polar surface area (TPSA) is 67.4 Å². The van der Waals surface area contributed by atoms with Crippen molar-refractivity contribution in [3.63, 3.8) is 0 Å². The van der Waals surface area contributed by atoms with Crippen LogP contribution in [-0.4, -0.2) is 19.5 Å². The lowest BCUT2D eigenvalue weighted by atomic mass is 10.6. The number of fused-ring (bicyclic) bond motifs is 1. The minimum Gasteiger partial charge on any atom is -0.242 e. The van der Waals surface area contributed by atoms with Crippen LogP contribution in [0, 0.1) is 11.5 Å². The Morgan fingerprint density at radius 3 is 3.18 bits per heavy atom. The zero-order valence-corrected chi connectivity index (χ0v) is 5.47. The largest absolute Gasteiger partial charge is 0.242 e. The lowest BCUT2D eigenvalue weighted by Crippen LogP contribution is -1.87. The van der Waals surface area contributed by atoms with E-state index in [1.165, 1.54) is 17.2 Å². The van der Waals surface area contributed by atoms with E-state index in [4.69, 9.17) is 5.26 Å². The highest BCUT2D eigenvalue weighted by Gasteiger charge is 2.00. The maximum Gasteiger partial charge on any atom is 0.191 e. The van der Waals surface area contributed by atoms with Crippen molar-refractivity contribution in [2.75, 3.05) is 0 Å². The Kier molecular flexibility index (Phi) is 1.07. The van der Waals surface area contributed by atoms with Crippen molar-refractivity contribution >= 4 is 11.2 Å². The van der Waals surface area contributed by atoms with Crippen LogP contribution in [0.15, 0.2) is 18.9 Å². The molecule has 0 bridgehead atoms. The molecule has 0 spiro atoms. The summed E-state index contributed by atoms with van der Waals surface area (Å²) in [6.45, 7) is 0. The number of aromatic nitrogens is 4. The fraction of sp³-hybridized carbons (Fsp3) is 0. The van der Waals surface area contributed by atoms with Crippen LogP contribution >= 0.6 is 0 Å². The summed E-state index contributed by atoms with van der Waals surface area (Å²) in [6, 6.07) is 0. The number of nitriles is 1. The minimum atomic E-state index is 0.544. The molecule has 0 saturated heterocycles. The molecule has 0 radical (unpaired) electrons. The smallest absolute Gasteiger partial charge is 0.191 e. The van der Waals surface area contributed by atoms with Gasteiger partial charge < -0.3 is 0 Å². The molecule has 5 heteroatoms. The molecule has 2 heterocycles. The highest BCUT2D eigenvalue weighted by atomic mass is 15.1. The molecule has 2 aromatic heterocycles. The van der Waals surface area contributed by atoms with Crippen LogP contribution in [0.2, 0.25) is 0 Å². The number of imidazole rings is 1. The molecule has 0 aliphatic rings. The highest BCUT2D eigenvalue weighted by molar-refractivity contribution is 5.69. The van der Waals surface area contributed by atoms with Gasteiger partial charge in [-0.25, -0.2) is 19.5 Å². The molecule has 0 fully saturated rings. The Bertz CT molecular complexity index is 424. The number of hydrogen-bond acceptors (Lipinski definition) is 4. The Morgan fingerprint density at radius 1 is 1.45 bits per heavy atom. The molecule has 0 aliphatic carbocycles. The lowest BCUT2D eigenvalue weighted by Gasteiger charge is -1.85. The Labute approximate surface area is 61.9 Å². The zero-order chi connectivity index (χ0) is 7.68. The SMILES string of the molecule is N#Cn1cnc2cncnc21. The van der Waals surface area contributed by atoms with Gasteiger partial charge in [0.2, 0.25) is 0 Å². The van der Waals surface area contributed by atoms with E-state index < -0.39 is 0 Å². The second-order valence-electron chi connectivity index (χ2n) is 1.95. The normalized spacial score (nSPS) is 9.73. The molecule has 2 aromatic rings. The number of rotatable bonds is 0. The number of hydrogen-bond donors (Lipinski definition) is 0. The fourth-order valence-electron chi connectivity index (χ4n) is 0.840. The van der Waals surface area contributed by atoms with Gasteiger partial charge in [0.25, 0.3) is 0 Å². The fourth-order valence-corrected chi connectivity index (χ4v) is 0.840. The second kappa shape index (κ2) is 2.02. The van der Waals surface area contributed by atoms with Gasteiger partial charge in [-0.05, 0) is 0 Å². The van der Waals surface area contributed by atoms with E-state index in [1.54, 1.807) is 6.20 Å². The van der Waals surface area contributed by atoms with Crippen LogP contribution in [0.5, 0.6) is 0 Å². The molecule has 0 amide bonds. The molecule has 0 atom stereocenters. The standard InChI is InChI=1S/C6H3N5/c7-2-11-4-10-5-1-8-3-9-6(5)11/h1,3-4H. The molecule has 2 rings (SSSR count). The van der Waals surface area contributed by atoms with E-state index >= 15 is 0 Å². The van der Waals surface area contributed by atoms with Crippen molar-refractivity contribution in [2.24, 2.45) is 0 Å². The second-order valence-corrected chi connectivity index (χ2v) is 1.95. The van der Waals surface area contributed by atoms with E-state index in [2.05, 4.69) is 15.0 Å². The minimum absolute atomic E-state index is 0.544. The average Bonchev–Trinajstić information content (AvgIpc) is 2.47. The van der Waals surface area contributed by atoms with Crippen LogP contribution < -0.4 is 0 Å². The van der Waals surface area contributed by atoms with Crippen LogP contribution in [-0.2, 0) is 0 Å². The molecule has 11 heavy (non-hydrogen) atoms. The van der Waals surface area contributed by atoms with Gasteiger partial charge in [0.15, 0.2) is 11.8 Å². The third-order valence-electron chi connectivity index (χ3n) is 1.32. The summed E-state index contributed by atoms with van der Waals surface area (Å²) < 4.78 is 1.29. The summed E-state index contributed by atoms with van der Waals surface area (Å²) in [4.78, 5) is 11.5. The summed E-state index contributed by atoms with van der Waals surface area (Å²) in [5.74, 6) is 0. The number of nitrogens with zero attached hydrogens (tertiary/aromatic N) is 5. The first kappa shape index (κ1) is 5.80. The molecule has 0 N–H and O–H groups in total. The summed E-state index contributed by atoms with van der Waals surface area (Å²) in [7, 11) is 0. The first-order chi connectivity index (χ1) is 5.42. The lowest BCUT2D eigenvalue weighted by molar-refractivity contribution is 1.08. The van der Waals surface area contributed by atoms with Crippen molar-refractivity contribution in [3.8, 4) is 6.19 Å². The van der Waals surface area contributed by atoms with Crippen molar-refractivity contribution in [1.82, 2.24) is 19.5 Å². The summed E-state index contributed by atoms with van der Waals surface area (Å²) in [5.41, 5.74) is 1.18. The van der Waals surface area contributed by atoms with Gasteiger partial charge in [-0.1, -0.05) is 0 Å². The first-order valence-corrected chi connectivity index (χ1v) is 2.95. The Morgan fingerprint density at radius 2 is 2.36 bits per heavy atom. The van der Waals surface area contributed by atoms with E-state index in [9.17, 15) is 0 Å². The van der Waals surface area contributed by atoms with Crippen molar-refractivity contribution in [1.29, 1.82) is 5.26 Å². The Balaban J connectivity index is 2.89. The quantitative estimate of drug-likeness (QED) is 0.529. The van der Waals surface area contributed by atoms with Crippen LogP contribution in [0.4, 0.5) is 0 Å². The van der Waals surface area contributed by atoms with Crippen molar-refractivity contribution in [3.05, 3.63) is 18.9 Å². The molecule has 0 aliphatic heterocycles. The first-order valence-electron chi connectivity index (χ1n) is 2.95. The van der Waals surface area contributed by atoms with Crippen LogP contribution in [0.3, 0.4) is 0 Å². The molecule has 52 valence electrons. The van der Waals surface area contributed by atoms with Gasteiger partial charge in [0.05, 0.1) is 6.20 Å². The Hall–Kier alpha value is -1.96. The molecule has 0 unspecified atom stereocenters. The molecular weight excluding hydrogens is 142 g/mol. The van der Waals surface area contributed by atoms with Crippen molar-refractivity contribution < 1.29 is 0 Å². The molecule has 5 nitrogen and oxygen atoms in total. The maximum absolute atomic E-state index is 8.54. The van der Waals surface area contributed by atoms with Gasteiger partial charge in [-0.2, -0.15) is 5.26 Å². The predicted octanol–water partition coefficient (Wildman–Crippen LogP) is 0.155. The third kappa shape index (κ3) is 0.730. The van der Waals surface area contributed by atoms with E-state index in [0.29, 0.717) is 11.2 Å². The van der Waals surface area contributed by atoms with Gasteiger partial charge in [-0.3, -0.25) is 0 Å². The van der Waals surface area contributed by atoms with Crippen LogP contribution in [0.25, 0.3) is 11.2 Å². The molecular formula is C6H3N5. The maximum atomic E-state index is 8.54. The van der Waals surface area contributed by atoms with E-state index in [1.807, 2.05) is 6.19 Å². The van der Waals surface area contributed by atoms with Gasteiger partial charge in [-0.15, -0.1) is 0 Å². The zero-order valence-electron chi connectivity index (χ0n) is 5.47. The van der Waals surface area contributed by atoms with Crippen LogP contribution in [0.1, 0.15) is 0 Å². The molecule has 0 aromatic carbocycles. The van der Waals surface area contributed by atoms with Gasteiger partial charge >= 0.3 is 0 Å². The summed E-state index contributed by atoms with van der Waals surface area (Å²) in [6.07, 6.45) is 6.28. The van der Waals surface area contributed by atoms with E-state index in [-0.39, 0.29) is 0 Å². The van der Waals surface area contributed by atoms with Gasteiger partial charge in [0, 0.05) is 0 Å². The molecule has 0 saturated carbocycles. The average molecular weight is 145 g/mol. The third-order valence-corrected chi connectivity index (χ3v) is 1.32. The summed E-state index contributed by atoms with van der Waals surface area (Å²) in [5, 5.41) is 8.54. The predicted molar refractivity (Wildman–Crippen MR) is 36.3 cm³/mol. The van der Waals surface area contributed by atoms with Crippen molar-refractivity contribution in [2.45, 2.75) is 0 Å². The van der Waals surface area contributed by atoms with Gasteiger partial charge in [0.1, 0.15) is 18.2 Å².